The van der Waals surface area contributed by atoms with Gasteiger partial charge in [-0.05, 0) is 91.9 Å². The van der Waals surface area contributed by atoms with Crippen LogP contribution in [0.15, 0.2) is 122 Å². The molecule has 0 unspecified atom stereocenters. The molecule has 37 heavy (non-hydrogen) atoms. The Bertz CT molecular complexity index is 1500. The number of para-hydroxylation sites is 1. The number of pyridine rings is 1. The molecule has 1 N–H and O–H groups in total. The van der Waals surface area contributed by atoms with Crippen molar-refractivity contribution in [2.75, 3.05) is 4.90 Å². The third-order valence-corrected chi connectivity index (χ3v) is 6.90. The van der Waals surface area contributed by atoms with Crippen LogP contribution in [0, 0.1) is 6.92 Å². The van der Waals surface area contributed by atoms with E-state index in [0.717, 1.165) is 34.3 Å². The Morgan fingerprint density at radius 2 is 1.46 bits per heavy atom. The van der Waals surface area contributed by atoms with E-state index in [2.05, 4.69) is 81.4 Å². The molecule has 3 heterocycles. The Morgan fingerprint density at radius 1 is 0.757 bits per heavy atom. The average Bonchev–Trinajstić information content (AvgIpc) is 3.56. The van der Waals surface area contributed by atoms with Gasteiger partial charge in [-0.25, -0.2) is 0 Å². The highest BCUT2D eigenvalue weighted by atomic mass is 32.1. The molecule has 1 aliphatic rings. The number of benzene rings is 3. The van der Waals surface area contributed by atoms with Crippen LogP contribution in [-0.4, -0.2) is 14.7 Å². The van der Waals surface area contributed by atoms with E-state index in [1.807, 2.05) is 66.9 Å². The summed E-state index contributed by atoms with van der Waals surface area (Å²) >= 11 is 5.91. The van der Waals surface area contributed by atoms with E-state index in [1.165, 1.54) is 5.56 Å². The van der Waals surface area contributed by atoms with Gasteiger partial charge in [-0.1, -0.05) is 42.0 Å². The van der Waals surface area contributed by atoms with E-state index < -0.39 is 0 Å². The van der Waals surface area contributed by atoms with Gasteiger partial charge in [0.25, 0.3) is 0 Å². The Hall–Kier alpha value is -4.42. The van der Waals surface area contributed by atoms with E-state index in [9.17, 15) is 0 Å². The van der Waals surface area contributed by atoms with Gasteiger partial charge in [0.15, 0.2) is 5.11 Å². The number of anilines is 1. The molecule has 0 aliphatic carbocycles. The van der Waals surface area contributed by atoms with Crippen molar-refractivity contribution in [3.8, 4) is 17.2 Å². The average molecular weight is 503 g/mol. The maximum absolute atomic E-state index is 6.06. The minimum Gasteiger partial charge on any atom is -0.457 e. The number of hydrogen-bond acceptors (Lipinski definition) is 3. The maximum atomic E-state index is 6.06. The normalized spacial score (nSPS) is 17.0. The fourth-order valence-electron chi connectivity index (χ4n) is 4.81. The summed E-state index contributed by atoms with van der Waals surface area (Å²) < 4.78 is 8.28. The van der Waals surface area contributed by atoms with Gasteiger partial charge in [-0.2, -0.15) is 0 Å². The summed E-state index contributed by atoms with van der Waals surface area (Å²) in [5.74, 6) is 1.58. The van der Waals surface area contributed by atoms with Gasteiger partial charge in [0, 0.05) is 29.5 Å². The van der Waals surface area contributed by atoms with Gasteiger partial charge in [0.1, 0.15) is 17.5 Å². The number of nitrogens with one attached hydrogen (secondary N) is 1. The van der Waals surface area contributed by atoms with Crippen LogP contribution in [0.4, 0.5) is 5.69 Å². The molecule has 2 atom stereocenters. The molecule has 0 bridgehead atoms. The molecule has 0 radical (unpaired) electrons. The predicted octanol–water partition coefficient (Wildman–Crippen LogP) is 7.15. The van der Waals surface area contributed by atoms with Crippen LogP contribution < -0.4 is 15.0 Å². The Morgan fingerprint density at radius 3 is 2.16 bits per heavy atom. The van der Waals surface area contributed by atoms with Crippen LogP contribution in [0.5, 0.6) is 11.5 Å². The molecule has 3 aromatic carbocycles. The molecule has 1 aliphatic heterocycles. The number of aryl methyl sites for hydroxylation is 1. The second kappa shape index (κ2) is 9.91. The Kier molecular flexibility index (Phi) is 6.16. The van der Waals surface area contributed by atoms with E-state index in [1.54, 1.807) is 0 Å². The summed E-state index contributed by atoms with van der Waals surface area (Å²) in [6.07, 6.45) is 3.92. The van der Waals surface area contributed by atoms with Crippen molar-refractivity contribution >= 4 is 23.0 Å². The highest BCUT2D eigenvalue weighted by Gasteiger charge is 2.42. The summed E-state index contributed by atoms with van der Waals surface area (Å²) in [6.45, 7) is 2.06. The lowest BCUT2D eigenvalue weighted by atomic mass is 10.0. The molecule has 182 valence electrons. The maximum Gasteiger partial charge on any atom is 0.174 e. The Labute approximate surface area is 222 Å². The fourth-order valence-corrected chi connectivity index (χ4v) is 5.16. The standard InChI is InChI=1S/C31H26N4OS/c1-22-12-16-25(17-13-22)36-26-18-14-24(15-19-26)35-30(29(33-31(35)37)27-10-5-6-20-32-27)28-11-7-21-34(28)23-8-3-2-4-9-23/h2-21,29-30H,1H3,(H,33,37)/t29-,30+/m0/s1. The molecular formula is C31H26N4OS. The molecular weight excluding hydrogens is 476 g/mol. The first-order valence-electron chi connectivity index (χ1n) is 12.3. The van der Waals surface area contributed by atoms with Gasteiger partial charge in [0.05, 0.1) is 11.7 Å². The molecule has 0 saturated carbocycles. The summed E-state index contributed by atoms with van der Waals surface area (Å²) in [5, 5.41) is 4.21. The van der Waals surface area contributed by atoms with Crippen molar-refractivity contribution in [3.63, 3.8) is 0 Å². The first-order chi connectivity index (χ1) is 18.2. The van der Waals surface area contributed by atoms with Crippen molar-refractivity contribution < 1.29 is 4.74 Å². The summed E-state index contributed by atoms with van der Waals surface area (Å²) in [5.41, 5.74) is 5.35. The first kappa shape index (κ1) is 23.0. The number of aromatic nitrogens is 2. The monoisotopic (exact) mass is 502 g/mol. The lowest BCUT2D eigenvalue weighted by molar-refractivity contribution is 0.482. The topological polar surface area (TPSA) is 42.3 Å². The third-order valence-electron chi connectivity index (χ3n) is 6.59. The smallest absolute Gasteiger partial charge is 0.174 e. The van der Waals surface area contributed by atoms with Crippen LogP contribution in [0.3, 0.4) is 0 Å². The van der Waals surface area contributed by atoms with E-state index in [-0.39, 0.29) is 12.1 Å². The molecule has 6 rings (SSSR count). The number of ether oxygens (including phenoxy) is 1. The SMILES string of the molecule is Cc1ccc(Oc2ccc(N3C(=S)N[C@@H](c4ccccn4)[C@H]3c3cccn3-c3ccccc3)cc2)cc1. The molecule has 1 fully saturated rings. The number of rotatable bonds is 6. The van der Waals surface area contributed by atoms with Gasteiger partial charge in [-0.15, -0.1) is 0 Å². The molecule has 0 spiro atoms. The summed E-state index contributed by atoms with van der Waals surface area (Å²) in [6, 6.07) is 36.5. The zero-order chi connectivity index (χ0) is 25.2. The minimum atomic E-state index is -0.116. The number of hydrogen-bond donors (Lipinski definition) is 1. The molecule has 6 heteroatoms. The fraction of sp³-hybridized carbons (Fsp3) is 0.0968. The molecule has 0 amide bonds. The zero-order valence-corrected chi connectivity index (χ0v) is 21.2. The van der Waals surface area contributed by atoms with Crippen molar-refractivity contribution in [3.05, 3.63) is 139 Å². The van der Waals surface area contributed by atoms with Crippen LogP contribution in [0.25, 0.3) is 5.69 Å². The lowest BCUT2D eigenvalue weighted by Gasteiger charge is -2.29. The van der Waals surface area contributed by atoms with E-state index in [4.69, 9.17) is 17.0 Å². The quantitative estimate of drug-likeness (QED) is 0.250. The minimum absolute atomic E-state index is 0.110. The van der Waals surface area contributed by atoms with Gasteiger partial charge in [-0.3, -0.25) is 4.98 Å². The molecule has 2 aromatic heterocycles. The van der Waals surface area contributed by atoms with Gasteiger partial charge in [0.2, 0.25) is 0 Å². The third kappa shape index (κ3) is 4.59. The van der Waals surface area contributed by atoms with Crippen molar-refractivity contribution in [2.45, 2.75) is 19.0 Å². The molecule has 1 saturated heterocycles. The first-order valence-corrected chi connectivity index (χ1v) is 12.7. The number of nitrogens with zero attached hydrogens (tertiary/aromatic N) is 3. The van der Waals surface area contributed by atoms with Gasteiger partial charge >= 0.3 is 0 Å². The van der Waals surface area contributed by atoms with Crippen LogP contribution in [0.1, 0.15) is 29.0 Å². The Balaban J connectivity index is 1.38. The molecule has 5 nitrogen and oxygen atoms in total. The highest BCUT2D eigenvalue weighted by molar-refractivity contribution is 7.80. The van der Waals surface area contributed by atoms with Crippen molar-refractivity contribution in [1.82, 2.24) is 14.9 Å². The van der Waals surface area contributed by atoms with E-state index in [0.29, 0.717) is 5.11 Å². The number of thiocarbonyl (C=S) groups is 1. The van der Waals surface area contributed by atoms with Crippen molar-refractivity contribution in [1.29, 1.82) is 0 Å². The zero-order valence-electron chi connectivity index (χ0n) is 20.4. The van der Waals surface area contributed by atoms with Crippen LogP contribution >= 0.6 is 12.2 Å². The second-order valence-corrected chi connectivity index (χ2v) is 9.43. The molecule has 5 aromatic rings. The van der Waals surface area contributed by atoms with Crippen LogP contribution in [0.2, 0.25) is 0 Å². The lowest BCUT2D eigenvalue weighted by Crippen LogP contribution is -2.30. The van der Waals surface area contributed by atoms with Crippen LogP contribution in [-0.2, 0) is 0 Å². The highest BCUT2D eigenvalue weighted by Crippen LogP contribution is 2.42. The largest absolute Gasteiger partial charge is 0.457 e. The van der Waals surface area contributed by atoms with Gasteiger partial charge < -0.3 is 19.5 Å². The summed E-state index contributed by atoms with van der Waals surface area (Å²) in [7, 11) is 0. The predicted molar refractivity (Wildman–Crippen MR) is 151 cm³/mol. The van der Waals surface area contributed by atoms with Crippen molar-refractivity contribution in [2.24, 2.45) is 0 Å². The summed E-state index contributed by atoms with van der Waals surface area (Å²) in [4.78, 5) is 6.85. The van der Waals surface area contributed by atoms with E-state index >= 15 is 0 Å². The second-order valence-electron chi connectivity index (χ2n) is 9.04.